The second-order valence-electron chi connectivity index (χ2n) is 14.6. The fourth-order valence-electron chi connectivity index (χ4n) is 8.83. The zero-order chi connectivity index (χ0) is 37.5. The highest BCUT2D eigenvalue weighted by Gasteiger charge is 2.24. The van der Waals surface area contributed by atoms with Crippen molar-refractivity contribution in [3.8, 4) is 45.3 Å². The number of thiophene rings is 1. The summed E-state index contributed by atoms with van der Waals surface area (Å²) >= 11 is 1.85. The predicted octanol–water partition coefficient (Wildman–Crippen LogP) is 14.0. The molecule has 0 aliphatic carbocycles. The first-order chi connectivity index (χ1) is 28.3. The Balaban J connectivity index is 1.24. The molecule has 0 bridgehead atoms. The molecule has 0 aliphatic heterocycles. The molecule has 0 unspecified atom stereocenters. The maximum absolute atomic E-state index is 5.39. The number of rotatable bonds is 5. The molecule has 0 radical (unpaired) electrons. The molecule has 0 aliphatic rings. The summed E-state index contributed by atoms with van der Waals surface area (Å²) in [5.41, 5.74) is 12.0. The first kappa shape index (κ1) is 32.0. The van der Waals surface area contributed by atoms with Gasteiger partial charge in [-0.15, -0.1) is 11.3 Å². The van der Waals surface area contributed by atoms with Crippen molar-refractivity contribution >= 4 is 75.1 Å². The van der Waals surface area contributed by atoms with Crippen LogP contribution in [0, 0.1) is 0 Å². The number of hydrogen-bond donors (Lipinski definition) is 0. The largest absolute Gasteiger partial charge is 0.309 e. The number of fused-ring (bicyclic) bond motifs is 11. The summed E-state index contributed by atoms with van der Waals surface area (Å²) in [5, 5.41) is 7.28. The highest BCUT2D eigenvalue weighted by molar-refractivity contribution is 7.26. The van der Waals surface area contributed by atoms with Crippen LogP contribution in [0.4, 0.5) is 0 Å². The van der Waals surface area contributed by atoms with E-state index in [9.17, 15) is 0 Å². The molecule has 0 N–H and O–H groups in total. The van der Waals surface area contributed by atoms with Gasteiger partial charge in [0, 0.05) is 58.5 Å². The van der Waals surface area contributed by atoms with E-state index in [4.69, 9.17) is 9.97 Å². The van der Waals surface area contributed by atoms with Crippen LogP contribution >= 0.6 is 11.3 Å². The minimum Gasteiger partial charge on any atom is -0.309 e. The molecule has 0 atom stereocenters. The molecule has 0 fully saturated rings. The third-order valence-corrected chi connectivity index (χ3v) is 12.5. The summed E-state index contributed by atoms with van der Waals surface area (Å²) in [5.74, 6) is 0.650. The van der Waals surface area contributed by atoms with Gasteiger partial charge in [-0.05, 0) is 53.6 Å². The van der Waals surface area contributed by atoms with Crippen LogP contribution in [0.2, 0.25) is 0 Å². The highest BCUT2D eigenvalue weighted by atomic mass is 32.1. The molecule has 0 saturated heterocycles. The van der Waals surface area contributed by atoms with Crippen LogP contribution in [0.15, 0.2) is 194 Å². The van der Waals surface area contributed by atoms with Crippen molar-refractivity contribution in [3.63, 3.8) is 0 Å². The van der Waals surface area contributed by atoms with Gasteiger partial charge in [0.15, 0.2) is 0 Å². The lowest BCUT2D eigenvalue weighted by Crippen LogP contribution is -2.04. The molecule has 4 nitrogen and oxygen atoms in total. The molecular formula is C52H32N4S. The maximum atomic E-state index is 5.39. The molecule has 5 heteroatoms. The Morgan fingerprint density at radius 2 is 0.825 bits per heavy atom. The van der Waals surface area contributed by atoms with E-state index in [1.165, 1.54) is 63.9 Å². The van der Waals surface area contributed by atoms with Crippen LogP contribution in [0.1, 0.15) is 0 Å². The second-order valence-corrected chi connectivity index (χ2v) is 15.6. The summed E-state index contributed by atoms with van der Waals surface area (Å²) in [4.78, 5) is 10.8. The van der Waals surface area contributed by atoms with Gasteiger partial charge in [-0.2, -0.15) is 0 Å². The van der Waals surface area contributed by atoms with E-state index >= 15 is 0 Å². The molecule has 0 spiro atoms. The van der Waals surface area contributed by atoms with Crippen molar-refractivity contribution in [1.82, 2.24) is 19.1 Å². The Morgan fingerprint density at radius 1 is 0.351 bits per heavy atom. The van der Waals surface area contributed by atoms with Crippen LogP contribution in [0.3, 0.4) is 0 Å². The molecule has 0 saturated carbocycles. The molecule has 57 heavy (non-hydrogen) atoms. The monoisotopic (exact) mass is 744 g/mol. The predicted molar refractivity (Wildman–Crippen MR) is 240 cm³/mol. The van der Waals surface area contributed by atoms with Crippen LogP contribution in [0.25, 0.3) is 109 Å². The van der Waals surface area contributed by atoms with Gasteiger partial charge < -0.3 is 4.57 Å². The average Bonchev–Trinajstić information content (AvgIpc) is 3.95. The van der Waals surface area contributed by atoms with Gasteiger partial charge in [-0.1, -0.05) is 152 Å². The van der Waals surface area contributed by atoms with Crippen molar-refractivity contribution in [2.45, 2.75) is 0 Å². The third kappa shape index (κ3) is 4.93. The quantitative estimate of drug-likeness (QED) is 0.176. The Kier molecular flexibility index (Phi) is 7.06. The molecule has 0 amide bonds. The van der Waals surface area contributed by atoms with Gasteiger partial charge >= 0.3 is 0 Å². The molecule has 12 rings (SSSR count). The number of nitrogens with zero attached hydrogens (tertiary/aromatic N) is 4. The lowest BCUT2D eigenvalue weighted by molar-refractivity contribution is 0.998. The van der Waals surface area contributed by atoms with Crippen molar-refractivity contribution < 1.29 is 0 Å². The van der Waals surface area contributed by atoms with E-state index in [1.54, 1.807) is 0 Å². The van der Waals surface area contributed by atoms with Crippen molar-refractivity contribution in [3.05, 3.63) is 194 Å². The van der Waals surface area contributed by atoms with Crippen molar-refractivity contribution in [2.75, 3.05) is 0 Å². The van der Waals surface area contributed by atoms with Crippen molar-refractivity contribution in [2.24, 2.45) is 0 Å². The second kappa shape index (κ2) is 12.6. The van der Waals surface area contributed by atoms with Gasteiger partial charge in [0.25, 0.3) is 0 Å². The standard InChI is InChI=1S/C52H32N4S/c1-4-15-33(16-5-1)36-21-14-22-37(31-36)55-44-25-12-10-23-38(44)40-27-29-46-48(50(40)55)49-47(57-46)30-28-41-39-24-11-13-26-45(39)56(51(41)49)52-53-42(34-17-6-2-7-18-34)32-43(54-52)35-19-8-3-9-20-35/h1-32H. The van der Waals surface area contributed by atoms with E-state index in [-0.39, 0.29) is 0 Å². The summed E-state index contributed by atoms with van der Waals surface area (Å²) in [6.45, 7) is 0. The van der Waals surface area contributed by atoms with E-state index in [1.807, 2.05) is 23.5 Å². The van der Waals surface area contributed by atoms with Crippen LogP contribution in [0.5, 0.6) is 0 Å². The Bertz CT molecular complexity index is 3450. The summed E-state index contributed by atoms with van der Waals surface area (Å²) < 4.78 is 7.28. The number of benzene rings is 8. The lowest BCUT2D eigenvalue weighted by Gasteiger charge is -2.13. The summed E-state index contributed by atoms with van der Waals surface area (Å²) in [6, 6.07) is 69.4. The highest BCUT2D eigenvalue weighted by Crippen LogP contribution is 2.47. The minimum absolute atomic E-state index is 0.650. The van der Waals surface area contributed by atoms with Crippen molar-refractivity contribution in [1.29, 1.82) is 0 Å². The minimum atomic E-state index is 0.650. The first-order valence-electron chi connectivity index (χ1n) is 19.3. The van der Waals surface area contributed by atoms with Crippen LogP contribution < -0.4 is 0 Å². The van der Waals surface area contributed by atoms with E-state index in [0.29, 0.717) is 5.95 Å². The maximum Gasteiger partial charge on any atom is 0.235 e. The smallest absolute Gasteiger partial charge is 0.235 e. The zero-order valence-corrected chi connectivity index (χ0v) is 31.5. The normalized spacial score (nSPS) is 11.9. The van der Waals surface area contributed by atoms with Crippen LogP contribution in [-0.4, -0.2) is 19.1 Å². The van der Waals surface area contributed by atoms with Crippen LogP contribution in [-0.2, 0) is 0 Å². The fraction of sp³-hybridized carbons (Fsp3) is 0. The fourth-order valence-corrected chi connectivity index (χ4v) is 9.94. The lowest BCUT2D eigenvalue weighted by atomic mass is 10.0. The van der Waals surface area contributed by atoms with E-state index < -0.39 is 0 Å². The molecular weight excluding hydrogens is 713 g/mol. The number of para-hydroxylation sites is 2. The number of aromatic nitrogens is 4. The molecule has 4 heterocycles. The molecule has 266 valence electrons. The SMILES string of the molecule is c1ccc(-c2cccc(-n3c4ccccc4c4ccc5sc6ccc7c8ccccc8n(-c8nc(-c9ccccc9)cc(-c9ccccc9)n8)c7c6c5c43)c2)cc1. The van der Waals surface area contributed by atoms with Gasteiger partial charge in [0.2, 0.25) is 5.95 Å². The Morgan fingerprint density at radius 3 is 1.40 bits per heavy atom. The average molecular weight is 745 g/mol. The first-order valence-corrected chi connectivity index (χ1v) is 20.1. The zero-order valence-electron chi connectivity index (χ0n) is 30.7. The van der Waals surface area contributed by atoms with Gasteiger partial charge in [-0.25, -0.2) is 9.97 Å². The van der Waals surface area contributed by atoms with Gasteiger partial charge in [-0.3, -0.25) is 4.57 Å². The summed E-state index contributed by atoms with van der Waals surface area (Å²) in [7, 11) is 0. The Hall–Kier alpha value is -7.34. The molecule has 4 aromatic heterocycles. The molecule has 8 aromatic carbocycles. The number of hydrogen-bond acceptors (Lipinski definition) is 3. The van der Waals surface area contributed by atoms with E-state index in [0.717, 1.165) is 39.2 Å². The van der Waals surface area contributed by atoms with Gasteiger partial charge in [0.1, 0.15) is 0 Å². The Labute approximate surface area is 332 Å². The summed E-state index contributed by atoms with van der Waals surface area (Å²) in [6.07, 6.45) is 0. The topological polar surface area (TPSA) is 35.6 Å². The third-order valence-electron chi connectivity index (χ3n) is 11.3. The van der Waals surface area contributed by atoms with E-state index in [2.05, 4.69) is 191 Å². The molecule has 12 aromatic rings. The van der Waals surface area contributed by atoms with Gasteiger partial charge in [0.05, 0.1) is 33.5 Å².